The van der Waals surface area contributed by atoms with E-state index in [4.69, 9.17) is 14.9 Å². The number of carbonyl (C=O) groups excluding carboxylic acids is 1. The maximum absolute atomic E-state index is 11.9. The van der Waals surface area contributed by atoms with Gasteiger partial charge in [0.25, 0.3) is 0 Å². The number of aliphatic carboxylic acids is 1. The van der Waals surface area contributed by atoms with Gasteiger partial charge in [0, 0.05) is 5.92 Å². The highest BCUT2D eigenvalue weighted by Gasteiger charge is 2.30. The Morgan fingerprint density at radius 3 is 2.04 bits per heavy atom. The van der Waals surface area contributed by atoms with Crippen LogP contribution in [0.25, 0.3) is 11.1 Å². The van der Waals surface area contributed by atoms with Crippen molar-refractivity contribution in [3.8, 4) is 11.1 Å². The molecule has 0 aliphatic heterocycles. The highest BCUT2D eigenvalue weighted by molar-refractivity contribution is 6.75. The fourth-order valence-corrected chi connectivity index (χ4v) is 3.08. The smallest absolute Gasteiger partial charge is 0.407 e. The van der Waals surface area contributed by atoms with E-state index in [1.54, 1.807) is 0 Å². The van der Waals surface area contributed by atoms with Crippen LogP contribution in [0.1, 0.15) is 17.0 Å². The third-order valence-electron chi connectivity index (χ3n) is 4.19. The van der Waals surface area contributed by atoms with E-state index in [2.05, 4.69) is 0 Å². The maximum Gasteiger partial charge on any atom is 0.407 e. The first kappa shape index (κ1) is 17.5. The van der Waals surface area contributed by atoms with Crippen LogP contribution in [0, 0.1) is 0 Å². The Hall–Kier alpha value is -3.29. The zero-order chi connectivity index (χ0) is 18.7. The lowest BCUT2D eigenvalue weighted by Crippen LogP contribution is -2.47. The van der Waals surface area contributed by atoms with Crippen LogP contribution >= 0.6 is 0 Å². The number of hydrogen-bond donors (Lipinski definition) is 3. The van der Waals surface area contributed by atoms with Crippen molar-refractivity contribution in [2.75, 3.05) is 6.61 Å². The van der Waals surface area contributed by atoms with Crippen LogP contribution in [0.3, 0.4) is 0 Å². The van der Waals surface area contributed by atoms with Gasteiger partial charge in [-0.3, -0.25) is 9.59 Å². The minimum absolute atomic E-state index is 0.0132. The van der Waals surface area contributed by atoms with Crippen molar-refractivity contribution < 1.29 is 29.3 Å². The van der Waals surface area contributed by atoms with Gasteiger partial charge in [0.15, 0.2) is 0 Å². The third-order valence-corrected chi connectivity index (χ3v) is 4.19. The minimum atomic E-state index is -1.66. The highest BCUT2D eigenvalue weighted by Crippen LogP contribution is 2.44. The molecule has 0 saturated carbocycles. The lowest BCUT2D eigenvalue weighted by atomic mass is 9.70. The first-order chi connectivity index (χ1) is 12.5. The van der Waals surface area contributed by atoms with Crippen molar-refractivity contribution in [2.45, 2.75) is 11.9 Å². The van der Waals surface area contributed by atoms with E-state index in [-0.39, 0.29) is 12.5 Å². The number of rotatable bonds is 6. The quantitative estimate of drug-likeness (QED) is 0.688. The largest absolute Gasteiger partial charge is 0.490 e. The molecular weight excluding hydrogens is 337 g/mol. The Balaban J connectivity index is 1.71. The van der Waals surface area contributed by atoms with Crippen molar-refractivity contribution in [1.29, 1.82) is 0 Å². The van der Waals surface area contributed by atoms with E-state index >= 15 is 0 Å². The molecule has 2 aromatic rings. The van der Waals surface area contributed by atoms with Crippen molar-refractivity contribution in [3.05, 3.63) is 59.7 Å². The fraction of sp³-hybridized carbons (Fsp3) is 0.167. The number of carboxylic acid groups (broad SMARTS) is 2. The number of benzene rings is 2. The van der Waals surface area contributed by atoms with E-state index in [1.165, 1.54) is 0 Å². The van der Waals surface area contributed by atoms with Gasteiger partial charge in [-0.15, -0.1) is 0 Å². The number of ether oxygens (including phenoxy) is 1. The second-order valence-corrected chi connectivity index (χ2v) is 5.79. The van der Waals surface area contributed by atoms with E-state index in [0.717, 1.165) is 22.3 Å². The predicted octanol–water partition coefficient (Wildman–Crippen LogP) is 2.32. The van der Waals surface area contributed by atoms with Gasteiger partial charge in [-0.2, -0.15) is 0 Å². The molecule has 1 atom stereocenters. The first-order valence-electron chi connectivity index (χ1n) is 7.89. The fourth-order valence-electron chi connectivity index (χ4n) is 3.08. The van der Waals surface area contributed by atoms with E-state index < -0.39 is 23.9 Å². The molecule has 0 fully saturated rings. The summed E-state index contributed by atoms with van der Waals surface area (Å²) in [6, 6.07) is 15.6. The standard InChI is InChI=1S/C18H15BNO6/c21-16(22)15(19-17(23)24)20-18(25)26-9-14-12-7-3-1-5-10(12)11-6-2-4-8-13(11)14/h1-8,14-15H,9H2,(H,20,25)(H,21,22)(H,23,24)/t15-/m1/s1. The van der Waals surface area contributed by atoms with Gasteiger partial charge in [0.2, 0.25) is 5.87 Å². The van der Waals surface area contributed by atoms with Crippen LogP contribution in [0.2, 0.25) is 0 Å². The number of hydrogen-bond acceptors (Lipinski definition) is 4. The lowest BCUT2D eigenvalue weighted by Gasteiger charge is -2.16. The Morgan fingerprint density at radius 2 is 1.54 bits per heavy atom. The summed E-state index contributed by atoms with van der Waals surface area (Å²) in [5.41, 5.74) is 4.18. The number of amides is 1. The number of alkyl carbamates (subject to hydrolysis) is 1. The molecule has 8 heteroatoms. The molecule has 0 bridgehead atoms. The number of fused-ring (bicyclic) bond motifs is 3. The van der Waals surface area contributed by atoms with Crippen molar-refractivity contribution in [3.63, 3.8) is 0 Å². The molecule has 2 aromatic carbocycles. The summed E-state index contributed by atoms with van der Waals surface area (Å²) < 4.78 is 5.18. The average Bonchev–Trinajstić information content (AvgIpc) is 2.93. The summed E-state index contributed by atoms with van der Waals surface area (Å²) >= 11 is 0. The third kappa shape index (κ3) is 3.54. The van der Waals surface area contributed by atoms with E-state index in [0.29, 0.717) is 7.28 Å². The normalized spacial score (nSPS) is 13.2. The average molecular weight is 352 g/mol. The molecule has 0 spiro atoms. The Labute approximate surface area is 149 Å². The summed E-state index contributed by atoms with van der Waals surface area (Å²) in [5.74, 6) is -4.76. The molecule has 1 aliphatic rings. The molecule has 0 heterocycles. The summed E-state index contributed by atoms with van der Waals surface area (Å²) in [7, 11) is 0.476. The molecule has 1 aliphatic carbocycles. The number of nitrogens with one attached hydrogen (secondary N) is 1. The molecule has 0 aromatic heterocycles. The minimum Gasteiger partial charge on any atom is -0.490 e. The lowest BCUT2D eigenvalue weighted by molar-refractivity contribution is -0.137. The van der Waals surface area contributed by atoms with E-state index in [9.17, 15) is 14.4 Å². The van der Waals surface area contributed by atoms with Gasteiger partial charge < -0.3 is 20.3 Å². The van der Waals surface area contributed by atoms with Crippen molar-refractivity contribution in [1.82, 2.24) is 5.32 Å². The van der Waals surface area contributed by atoms with Gasteiger partial charge in [-0.1, -0.05) is 48.5 Å². The molecule has 0 saturated heterocycles. The van der Waals surface area contributed by atoms with Crippen LogP contribution in [0.15, 0.2) is 48.5 Å². The molecule has 3 N–H and O–H groups in total. The summed E-state index contributed by atoms with van der Waals surface area (Å²) in [6.45, 7) is 0.0132. The molecule has 1 radical (unpaired) electrons. The molecule has 0 unspecified atom stereocenters. The van der Waals surface area contributed by atoms with Gasteiger partial charge in [-0.05, 0) is 22.3 Å². The molecular formula is C18H15BNO6. The summed E-state index contributed by atoms with van der Waals surface area (Å²) in [4.78, 5) is 33.5. The first-order valence-corrected chi connectivity index (χ1v) is 7.89. The summed E-state index contributed by atoms with van der Waals surface area (Å²) in [5, 5.41) is 19.6. The zero-order valence-electron chi connectivity index (χ0n) is 13.6. The van der Waals surface area contributed by atoms with Crippen LogP contribution in [0.4, 0.5) is 9.59 Å². The molecule has 3 rings (SSSR count). The number of carbonyl (C=O) groups is 3. The van der Waals surface area contributed by atoms with Crippen LogP contribution in [0.5, 0.6) is 0 Å². The molecule has 1 amide bonds. The van der Waals surface area contributed by atoms with Gasteiger partial charge in [0.05, 0.1) is 0 Å². The number of carboxylic acids is 1. The van der Waals surface area contributed by atoms with Crippen molar-refractivity contribution >= 4 is 25.2 Å². The second-order valence-electron chi connectivity index (χ2n) is 5.79. The van der Waals surface area contributed by atoms with E-state index in [1.807, 2.05) is 53.8 Å². The van der Waals surface area contributed by atoms with Crippen molar-refractivity contribution in [2.24, 2.45) is 0 Å². The van der Waals surface area contributed by atoms with Crippen LogP contribution in [-0.2, 0) is 9.53 Å². The molecule has 26 heavy (non-hydrogen) atoms. The zero-order valence-corrected chi connectivity index (χ0v) is 13.6. The predicted molar refractivity (Wildman–Crippen MR) is 93.4 cm³/mol. The topological polar surface area (TPSA) is 113 Å². The molecule has 131 valence electrons. The van der Waals surface area contributed by atoms with Gasteiger partial charge in [0.1, 0.15) is 12.5 Å². The maximum atomic E-state index is 11.9. The summed E-state index contributed by atoms with van der Waals surface area (Å²) in [6.07, 6.45) is -0.989. The van der Waals surface area contributed by atoms with Gasteiger partial charge >= 0.3 is 19.3 Å². The molecule has 7 nitrogen and oxygen atoms in total. The Bertz CT molecular complexity index is 823. The Morgan fingerprint density at radius 1 is 1.00 bits per heavy atom. The highest BCUT2D eigenvalue weighted by atomic mass is 16.5. The van der Waals surface area contributed by atoms with Crippen LogP contribution in [-0.4, -0.2) is 48.0 Å². The Kier molecular flexibility index (Phi) is 4.93. The SMILES string of the molecule is O=C(O)[B][C@H](NC(=O)OCC1c2ccccc2-c2ccccc21)C(=O)O. The second kappa shape index (κ2) is 7.31. The van der Waals surface area contributed by atoms with Gasteiger partial charge in [-0.25, -0.2) is 4.79 Å². The van der Waals surface area contributed by atoms with Crippen LogP contribution < -0.4 is 5.32 Å². The monoisotopic (exact) mass is 352 g/mol.